The maximum absolute atomic E-state index is 5.62. The van der Waals surface area contributed by atoms with E-state index in [-0.39, 0.29) is 0 Å². The molecule has 2 aliphatic rings. The van der Waals surface area contributed by atoms with Gasteiger partial charge in [0.05, 0.1) is 13.2 Å². The summed E-state index contributed by atoms with van der Waals surface area (Å²) in [7, 11) is 0. The van der Waals surface area contributed by atoms with Gasteiger partial charge in [0.2, 0.25) is 0 Å². The van der Waals surface area contributed by atoms with E-state index in [0.29, 0.717) is 5.41 Å². The zero-order valence-corrected chi connectivity index (χ0v) is 8.29. The zero-order valence-electron chi connectivity index (χ0n) is 7.47. The fraction of sp³-hybridized carbons (Fsp3) is 1.00. The summed E-state index contributed by atoms with van der Waals surface area (Å²) in [6, 6.07) is 0. The van der Waals surface area contributed by atoms with Crippen LogP contribution in [0.1, 0.15) is 12.8 Å². The summed E-state index contributed by atoms with van der Waals surface area (Å²) in [5.41, 5.74) is 0.488. The van der Waals surface area contributed by atoms with E-state index in [2.05, 4.69) is 17.1 Å². The standard InChI is InChI=1S/C9H17NOS/c1-5-12-6-2-9(1)7-10-3-4-11-8-9/h10H,1-8H2. The maximum atomic E-state index is 5.62. The SMILES string of the molecule is C1COCC2(CCSCC2)CN1. The number of thioether (sulfide) groups is 1. The van der Waals surface area contributed by atoms with E-state index >= 15 is 0 Å². The molecular formula is C9H17NOS. The van der Waals surface area contributed by atoms with Crippen molar-refractivity contribution in [3.8, 4) is 0 Å². The molecule has 0 bridgehead atoms. The molecule has 0 atom stereocenters. The maximum Gasteiger partial charge on any atom is 0.0591 e. The predicted octanol–water partition coefficient (Wildman–Crippen LogP) is 1.12. The van der Waals surface area contributed by atoms with Gasteiger partial charge in [0.15, 0.2) is 0 Å². The fourth-order valence-electron chi connectivity index (χ4n) is 1.96. The van der Waals surface area contributed by atoms with E-state index in [1.807, 2.05) is 0 Å². The number of ether oxygens (including phenoxy) is 1. The molecule has 0 aromatic carbocycles. The van der Waals surface area contributed by atoms with Crippen molar-refractivity contribution in [1.82, 2.24) is 5.32 Å². The van der Waals surface area contributed by atoms with Crippen LogP contribution in [-0.4, -0.2) is 37.8 Å². The summed E-state index contributed by atoms with van der Waals surface area (Å²) in [5, 5.41) is 3.47. The van der Waals surface area contributed by atoms with Crippen LogP contribution in [0.4, 0.5) is 0 Å². The summed E-state index contributed by atoms with van der Waals surface area (Å²) >= 11 is 2.09. The number of hydrogen-bond acceptors (Lipinski definition) is 3. The van der Waals surface area contributed by atoms with Crippen LogP contribution in [0.25, 0.3) is 0 Å². The summed E-state index contributed by atoms with van der Waals surface area (Å²) in [6.45, 7) is 4.10. The first-order chi connectivity index (χ1) is 5.91. The molecule has 2 heterocycles. The van der Waals surface area contributed by atoms with Crippen LogP contribution in [0.5, 0.6) is 0 Å². The lowest BCUT2D eigenvalue weighted by Gasteiger charge is -2.35. The first kappa shape index (κ1) is 8.85. The predicted molar refractivity (Wildman–Crippen MR) is 52.7 cm³/mol. The molecule has 1 spiro atoms. The van der Waals surface area contributed by atoms with Crippen molar-refractivity contribution in [2.45, 2.75) is 12.8 Å². The van der Waals surface area contributed by atoms with Crippen LogP contribution in [0.3, 0.4) is 0 Å². The van der Waals surface area contributed by atoms with Crippen LogP contribution < -0.4 is 5.32 Å². The Labute approximate surface area is 78.4 Å². The first-order valence-electron chi connectivity index (χ1n) is 4.78. The van der Waals surface area contributed by atoms with E-state index in [1.54, 1.807) is 0 Å². The van der Waals surface area contributed by atoms with Crippen LogP contribution in [0.2, 0.25) is 0 Å². The monoisotopic (exact) mass is 187 g/mol. The van der Waals surface area contributed by atoms with Crippen molar-refractivity contribution in [3.05, 3.63) is 0 Å². The third kappa shape index (κ3) is 1.95. The first-order valence-corrected chi connectivity index (χ1v) is 5.93. The minimum absolute atomic E-state index is 0.488. The molecule has 2 fully saturated rings. The van der Waals surface area contributed by atoms with Gasteiger partial charge in [-0.25, -0.2) is 0 Å². The second-order valence-corrected chi connectivity index (χ2v) is 5.07. The highest BCUT2D eigenvalue weighted by atomic mass is 32.2. The van der Waals surface area contributed by atoms with Crippen molar-refractivity contribution >= 4 is 11.8 Å². The zero-order chi connectivity index (χ0) is 8.28. The van der Waals surface area contributed by atoms with Crippen LogP contribution in [-0.2, 0) is 4.74 Å². The summed E-state index contributed by atoms with van der Waals surface area (Å²) in [4.78, 5) is 0. The lowest BCUT2D eigenvalue weighted by molar-refractivity contribution is 0.0639. The lowest BCUT2D eigenvalue weighted by Crippen LogP contribution is -2.38. The molecule has 70 valence electrons. The quantitative estimate of drug-likeness (QED) is 0.614. The molecule has 3 heteroatoms. The highest BCUT2D eigenvalue weighted by Gasteiger charge is 2.33. The summed E-state index contributed by atoms with van der Waals surface area (Å²) in [6.07, 6.45) is 2.68. The van der Waals surface area contributed by atoms with Gasteiger partial charge in [0.1, 0.15) is 0 Å². The van der Waals surface area contributed by atoms with E-state index < -0.39 is 0 Å². The second kappa shape index (κ2) is 3.99. The highest BCUT2D eigenvalue weighted by molar-refractivity contribution is 7.99. The molecule has 0 aromatic heterocycles. The van der Waals surface area contributed by atoms with E-state index in [0.717, 1.165) is 19.8 Å². The van der Waals surface area contributed by atoms with Gasteiger partial charge >= 0.3 is 0 Å². The molecule has 0 saturated carbocycles. The molecule has 2 rings (SSSR count). The van der Waals surface area contributed by atoms with Gasteiger partial charge in [0.25, 0.3) is 0 Å². The second-order valence-electron chi connectivity index (χ2n) is 3.84. The molecule has 2 aliphatic heterocycles. The van der Waals surface area contributed by atoms with Crippen molar-refractivity contribution in [1.29, 1.82) is 0 Å². The van der Waals surface area contributed by atoms with Gasteiger partial charge in [0, 0.05) is 18.5 Å². The Hall–Kier alpha value is 0.270. The van der Waals surface area contributed by atoms with Gasteiger partial charge in [-0.3, -0.25) is 0 Å². The van der Waals surface area contributed by atoms with E-state index in [1.165, 1.54) is 30.9 Å². The van der Waals surface area contributed by atoms with Gasteiger partial charge < -0.3 is 10.1 Å². The average Bonchev–Trinajstić information content (AvgIpc) is 2.33. The van der Waals surface area contributed by atoms with Crippen LogP contribution in [0, 0.1) is 5.41 Å². The van der Waals surface area contributed by atoms with Crippen LogP contribution >= 0.6 is 11.8 Å². The Morgan fingerprint density at radius 2 is 2.08 bits per heavy atom. The Balaban J connectivity index is 1.95. The summed E-state index contributed by atoms with van der Waals surface area (Å²) < 4.78 is 5.62. The Kier molecular flexibility index (Phi) is 2.94. The molecule has 0 radical (unpaired) electrons. The molecule has 1 N–H and O–H groups in total. The molecule has 0 aliphatic carbocycles. The Morgan fingerprint density at radius 3 is 2.92 bits per heavy atom. The topological polar surface area (TPSA) is 21.3 Å². The third-order valence-electron chi connectivity index (χ3n) is 2.88. The molecular weight excluding hydrogens is 170 g/mol. The van der Waals surface area contributed by atoms with E-state index in [9.17, 15) is 0 Å². The van der Waals surface area contributed by atoms with Crippen LogP contribution in [0.15, 0.2) is 0 Å². The largest absolute Gasteiger partial charge is 0.380 e. The number of nitrogens with one attached hydrogen (secondary N) is 1. The minimum atomic E-state index is 0.488. The van der Waals surface area contributed by atoms with Gasteiger partial charge in [-0.05, 0) is 24.3 Å². The van der Waals surface area contributed by atoms with Crippen molar-refractivity contribution in [2.24, 2.45) is 5.41 Å². The minimum Gasteiger partial charge on any atom is -0.380 e. The van der Waals surface area contributed by atoms with Crippen molar-refractivity contribution in [3.63, 3.8) is 0 Å². The average molecular weight is 187 g/mol. The summed E-state index contributed by atoms with van der Waals surface area (Å²) in [5.74, 6) is 2.65. The molecule has 0 aromatic rings. The normalized spacial score (nSPS) is 30.0. The van der Waals surface area contributed by atoms with Crippen molar-refractivity contribution < 1.29 is 4.74 Å². The molecule has 12 heavy (non-hydrogen) atoms. The fourth-order valence-corrected chi connectivity index (χ4v) is 3.32. The van der Waals surface area contributed by atoms with Crippen molar-refractivity contribution in [2.75, 3.05) is 37.8 Å². The molecule has 2 saturated heterocycles. The number of hydrogen-bond donors (Lipinski definition) is 1. The van der Waals surface area contributed by atoms with Gasteiger partial charge in [-0.1, -0.05) is 0 Å². The molecule has 0 amide bonds. The van der Waals surface area contributed by atoms with Gasteiger partial charge in [-0.2, -0.15) is 11.8 Å². The molecule has 0 unspecified atom stereocenters. The highest BCUT2D eigenvalue weighted by Crippen LogP contribution is 2.35. The van der Waals surface area contributed by atoms with Gasteiger partial charge in [-0.15, -0.1) is 0 Å². The number of rotatable bonds is 0. The third-order valence-corrected chi connectivity index (χ3v) is 3.87. The Bertz CT molecular complexity index is 135. The molecule has 2 nitrogen and oxygen atoms in total. The van der Waals surface area contributed by atoms with E-state index in [4.69, 9.17) is 4.74 Å². The Morgan fingerprint density at radius 1 is 1.25 bits per heavy atom. The lowest BCUT2D eigenvalue weighted by atomic mass is 9.83. The smallest absolute Gasteiger partial charge is 0.0591 e.